The van der Waals surface area contributed by atoms with Gasteiger partial charge in [-0.3, -0.25) is 4.99 Å². The van der Waals surface area contributed by atoms with E-state index in [-0.39, 0.29) is 29.6 Å². The minimum atomic E-state index is -0.693. The van der Waals surface area contributed by atoms with Gasteiger partial charge in [0, 0.05) is 6.54 Å². The van der Waals surface area contributed by atoms with Crippen LogP contribution in [0, 0.1) is 0 Å². The van der Waals surface area contributed by atoms with Gasteiger partial charge in [-0.15, -0.1) is 0 Å². The fourth-order valence-corrected chi connectivity index (χ4v) is 2.66. The first-order chi connectivity index (χ1) is 9.17. The first-order valence-corrected chi connectivity index (χ1v) is 8.16. The second-order valence-electron chi connectivity index (χ2n) is 6.01. The maximum atomic E-state index is 10.3. The Morgan fingerprint density at radius 1 is 1.05 bits per heavy atom. The standard InChI is InChI=1S/C16H32N2O.Na.H/c1-3-4-5-6-7-8-9-10-11-12-16(2,19)18-14-13-17-15-18;;/h15,19H,3-14H2,1-2H3;;. The Morgan fingerprint density at radius 2 is 1.60 bits per heavy atom. The molecule has 0 amide bonds. The van der Waals surface area contributed by atoms with Crippen LogP contribution in [0.15, 0.2) is 4.99 Å². The van der Waals surface area contributed by atoms with Gasteiger partial charge in [0.25, 0.3) is 0 Å². The number of rotatable bonds is 11. The van der Waals surface area contributed by atoms with E-state index >= 15 is 0 Å². The van der Waals surface area contributed by atoms with E-state index in [4.69, 9.17) is 0 Å². The summed E-state index contributed by atoms with van der Waals surface area (Å²) in [6.45, 7) is 5.87. The third-order valence-corrected chi connectivity index (χ3v) is 4.06. The Labute approximate surface area is 147 Å². The molecule has 1 unspecified atom stereocenters. The molecular weight excluding hydrogens is 259 g/mol. The molecule has 0 spiro atoms. The van der Waals surface area contributed by atoms with Gasteiger partial charge < -0.3 is 10.0 Å². The van der Waals surface area contributed by atoms with Gasteiger partial charge in [-0.25, -0.2) is 0 Å². The van der Waals surface area contributed by atoms with Crippen LogP contribution in [0.4, 0.5) is 0 Å². The summed E-state index contributed by atoms with van der Waals surface area (Å²) in [5.74, 6) is 0. The third-order valence-electron chi connectivity index (χ3n) is 4.06. The van der Waals surface area contributed by atoms with Gasteiger partial charge in [0.1, 0.15) is 5.72 Å². The number of unbranched alkanes of at least 4 members (excludes halogenated alkanes) is 8. The van der Waals surface area contributed by atoms with E-state index in [1.165, 1.54) is 51.4 Å². The molecule has 0 fully saturated rings. The second kappa shape index (κ2) is 12.0. The summed E-state index contributed by atoms with van der Waals surface area (Å²) in [4.78, 5) is 6.14. The normalized spacial score (nSPS) is 17.1. The van der Waals surface area contributed by atoms with Gasteiger partial charge in [-0.1, -0.05) is 58.3 Å². The number of hydrogen-bond acceptors (Lipinski definition) is 3. The van der Waals surface area contributed by atoms with Crippen molar-refractivity contribution in [3.63, 3.8) is 0 Å². The van der Waals surface area contributed by atoms with Crippen molar-refractivity contribution in [1.29, 1.82) is 0 Å². The van der Waals surface area contributed by atoms with E-state index in [0.29, 0.717) is 0 Å². The van der Waals surface area contributed by atoms with Crippen LogP contribution in [0.3, 0.4) is 0 Å². The molecule has 0 radical (unpaired) electrons. The Balaban J connectivity index is 0.00000361. The van der Waals surface area contributed by atoms with Crippen LogP contribution in [0.25, 0.3) is 0 Å². The molecule has 1 heterocycles. The van der Waals surface area contributed by atoms with Crippen LogP contribution in [0.5, 0.6) is 0 Å². The molecule has 0 saturated carbocycles. The molecule has 114 valence electrons. The number of hydrogen-bond donors (Lipinski definition) is 1. The molecule has 0 bridgehead atoms. The molecule has 1 atom stereocenters. The quantitative estimate of drug-likeness (QED) is 0.468. The SMILES string of the molecule is CCCCCCCCCCCC(C)(O)N1C=NCC1.[NaH]. The van der Waals surface area contributed by atoms with Gasteiger partial charge in [-0.2, -0.15) is 0 Å². The molecule has 3 nitrogen and oxygen atoms in total. The molecule has 1 rings (SSSR count). The first kappa shape index (κ1) is 20.4. The molecule has 0 aromatic heterocycles. The van der Waals surface area contributed by atoms with Crippen molar-refractivity contribution < 1.29 is 5.11 Å². The van der Waals surface area contributed by atoms with Crippen LogP contribution in [0.1, 0.15) is 78.1 Å². The minimum absolute atomic E-state index is 0. The molecule has 1 aliphatic rings. The van der Waals surface area contributed by atoms with Crippen LogP contribution < -0.4 is 0 Å². The van der Waals surface area contributed by atoms with Crippen molar-refractivity contribution in [3.8, 4) is 0 Å². The summed E-state index contributed by atoms with van der Waals surface area (Å²) < 4.78 is 0. The van der Waals surface area contributed by atoms with Crippen LogP contribution in [-0.2, 0) is 0 Å². The third kappa shape index (κ3) is 8.66. The Bertz CT molecular complexity index is 257. The van der Waals surface area contributed by atoms with Gasteiger partial charge in [0.05, 0.1) is 12.9 Å². The monoisotopic (exact) mass is 292 g/mol. The fraction of sp³-hybridized carbons (Fsp3) is 0.938. The predicted molar refractivity (Wildman–Crippen MR) is 89.7 cm³/mol. The van der Waals surface area contributed by atoms with E-state index in [0.717, 1.165) is 25.9 Å². The zero-order valence-corrected chi connectivity index (χ0v) is 12.9. The van der Waals surface area contributed by atoms with E-state index in [9.17, 15) is 5.11 Å². The van der Waals surface area contributed by atoms with Gasteiger partial charge in [0.15, 0.2) is 0 Å². The number of aliphatic hydroxyl groups is 1. The predicted octanol–water partition coefficient (Wildman–Crippen LogP) is 3.31. The topological polar surface area (TPSA) is 35.8 Å². The summed E-state index contributed by atoms with van der Waals surface area (Å²) in [5.41, 5.74) is -0.693. The Kier molecular flexibility index (Phi) is 12.3. The summed E-state index contributed by atoms with van der Waals surface area (Å²) in [6, 6.07) is 0. The molecule has 1 aliphatic heterocycles. The number of aliphatic imine (C=N–C) groups is 1. The maximum absolute atomic E-state index is 10.3. The van der Waals surface area contributed by atoms with Crippen LogP contribution in [0.2, 0.25) is 0 Å². The van der Waals surface area contributed by atoms with Crippen molar-refractivity contribution in [2.45, 2.75) is 83.8 Å². The van der Waals surface area contributed by atoms with Crippen molar-refractivity contribution in [3.05, 3.63) is 0 Å². The Morgan fingerprint density at radius 3 is 2.10 bits per heavy atom. The molecular formula is C16H33N2NaO. The Hall–Kier alpha value is 0.430. The van der Waals surface area contributed by atoms with Crippen LogP contribution in [-0.4, -0.2) is 64.7 Å². The van der Waals surface area contributed by atoms with Gasteiger partial charge >= 0.3 is 29.6 Å². The first-order valence-electron chi connectivity index (χ1n) is 8.16. The summed E-state index contributed by atoms with van der Waals surface area (Å²) in [7, 11) is 0. The molecule has 1 N–H and O–H groups in total. The molecule has 20 heavy (non-hydrogen) atoms. The average molecular weight is 292 g/mol. The van der Waals surface area contributed by atoms with E-state index < -0.39 is 5.72 Å². The molecule has 0 aliphatic carbocycles. The van der Waals surface area contributed by atoms with E-state index in [1.807, 2.05) is 11.8 Å². The van der Waals surface area contributed by atoms with Crippen LogP contribution >= 0.6 is 0 Å². The zero-order chi connectivity index (χ0) is 14.0. The average Bonchev–Trinajstić information content (AvgIpc) is 2.91. The van der Waals surface area contributed by atoms with E-state index in [1.54, 1.807) is 6.34 Å². The zero-order valence-electron chi connectivity index (χ0n) is 12.9. The molecule has 0 aromatic carbocycles. The fourth-order valence-electron chi connectivity index (χ4n) is 2.66. The summed E-state index contributed by atoms with van der Waals surface area (Å²) in [6.07, 6.45) is 14.6. The van der Waals surface area contributed by atoms with Crippen molar-refractivity contribution in [2.75, 3.05) is 13.1 Å². The van der Waals surface area contributed by atoms with Crippen molar-refractivity contribution >= 4 is 35.9 Å². The second-order valence-corrected chi connectivity index (χ2v) is 6.01. The van der Waals surface area contributed by atoms with Crippen molar-refractivity contribution in [2.24, 2.45) is 4.99 Å². The summed E-state index contributed by atoms with van der Waals surface area (Å²) >= 11 is 0. The van der Waals surface area contributed by atoms with E-state index in [2.05, 4.69) is 11.9 Å². The summed E-state index contributed by atoms with van der Waals surface area (Å²) in [5, 5.41) is 10.3. The molecule has 0 aromatic rings. The van der Waals surface area contributed by atoms with Gasteiger partial charge in [-0.05, 0) is 19.8 Å². The molecule has 4 heteroatoms. The number of nitrogens with zero attached hydrogens (tertiary/aromatic N) is 2. The van der Waals surface area contributed by atoms with Gasteiger partial charge in [0.2, 0.25) is 0 Å². The molecule has 0 saturated heterocycles. The van der Waals surface area contributed by atoms with Crippen molar-refractivity contribution in [1.82, 2.24) is 4.90 Å².